The highest BCUT2D eigenvalue weighted by Gasteiger charge is 2.18. The van der Waals surface area contributed by atoms with E-state index in [4.69, 9.17) is 18.9 Å². The third kappa shape index (κ3) is 2.33. The minimum atomic E-state index is -0.482. The molecule has 0 unspecified atom stereocenters. The van der Waals surface area contributed by atoms with Gasteiger partial charge in [0.1, 0.15) is 12.4 Å². The molecule has 1 aliphatic rings. The standard InChI is InChI=1S/C12H12O5/c1-3-12(13)15-6-8-4-10-11(17-7-16-10)5-9(8)14-2/h3-5H,1,6-7H2,2H3. The van der Waals surface area contributed by atoms with Crippen molar-refractivity contribution in [2.75, 3.05) is 13.9 Å². The molecule has 0 saturated heterocycles. The van der Waals surface area contributed by atoms with E-state index in [1.165, 1.54) is 7.11 Å². The summed E-state index contributed by atoms with van der Waals surface area (Å²) in [6.07, 6.45) is 1.11. The van der Waals surface area contributed by atoms with Crippen LogP contribution in [0.3, 0.4) is 0 Å². The van der Waals surface area contributed by atoms with Gasteiger partial charge in [-0.05, 0) is 6.07 Å². The fourth-order valence-corrected chi connectivity index (χ4v) is 1.48. The summed E-state index contributed by atoms with van der Waals surface area (Å²) in [7, 11) is 1.54. The van der Waals surface area contributed by atoms with Crippen LogP contribution in [0.4, 0.5) is 0 Å². The van der Waals surface area contributed by atoms with Gasteiger partial charge in [-0.25, -0.2) is 4.79 Å². The number of hydrogen-bond donors (Lipinski definition) is 0. The average Bonchev–Trinajstić information content (AvgIpc) is 2.81. The van der Waals surface area contributed by atoms with Crippen LogP contribution < -0.4 is 14.2 Å². The average molecular weight is 236 g/mol. The molecule has 0 amide bonds. The number of hydrogen-bond acceptors (Lipinski definition) is 5. The lowest BCUT2D eigenvalue weighted by molar-refractivity contribution is -0.139. The molecule has 0 spiro atoms. The number of carbonyl (C=O) groups is 1. The number of ether oxygens (including phenoxy) is 4. The molecule has 5 heteroatoms. The monoisotopic (exact) mass is 236 g/mol. The van der Waals surface area contributed by atoms with E-state index in [2.05, 4.69) is 6.58 Å². The first kappa shape index (κ1) is 11.3. The smallest absolute Gasteiger partial charge is 0.330 e. The van der Waals surface area contributed by atoms with E-state index in [0.717, 1.165) is 6.08 Å². The molecule has 0 aromatic heterocycles. The van der Waals surface area contributed by atoms with Crippen LogP contribution in [0.5, 0.6) is 17.2 Å². The molecular weight excluding hydrogens is 224 g/mol. The molecule has 1 aromatic carbocycles. The van der Waals surface area contributed by atoms with Crippen molar-refractivity contribution in [1.29, 1.82) is 0 Å². The third-order valence-corrected chi connectivity index (χ3v) is 2.31. The van der Waals surface area contributed by atoms with Crippen molar-refractivity contribution in [3.63, 3.8) is 0 Å². The number of methoxy groups -OCH3 is 1. The van der Waals surface area contributed by atoms with Crippen LogP contribution in [0.15, 0.2) is 24.8 Å². The predicted molar refractivity (Wildman–Crippen MR) is 59.1 cm³/mol. The first-order chi connectivity index (χ1) is 8.24. The van der Waals surface area contributed by atoms with Gasteiger partial charge in [0.25, 0.3) is 0 Å². The van der Waals surface area contributed by atoms with Gasteiger partial charge in [-0.1, -0.05) is 6.58 Å². The second-order valence-electron chi connectivity index (χ2n) is 3.33. The van der Waals surface area contributed by atoms with Crippen molar-refractivity contribution < 1.29 is 23.7 Å². The van der Waals surface area contributed by atoms with Crippen LogP contribution in [0.2, 0.25) is 0 Å². The molecule has 1 heterocycles. The van der Waals surface area contributed by atoms with Crippen molar-refractivity contribution in [2.24, 2.45) is 0 Å². The van der Waals surface area contributed by atoms with E-state index >= 15 is 0 Å². The van der Waals surface area contributed by atoms with Crippen molar-refractivity contribution >= 4 is 5.97 Å². The van der Waals surface area contributed by atoms with Crippen molar-refractivity contribution in [1.82, 2.24) is 0 Å². The summed E-state index contributed by atoms with van der Waals surface area (Å²) in [6.45, 7) is 3.61. The molecule has 0 fully saturated rings. The summed E-state index contributed by atoms with van der Waals surface area (Å²) in [5.41, 5.74) is 0.715. The van der Waals surface area contributed by atoms with Gasteiger partial charge in [-0.2, -0.15) is 0 Å². The van der Waals surface area contributed by atoms with Gasteiger partial charge >= 0.3 is 5.97 Å². The zero-order valence-corrected chi connectivity index (χ0v) is 9.39. The molecule has 5 nitrogen and oxygen atoms in total. The first-order valence-corrected chi connectivity index (χ1v) is 5.00. The van der Waals surface area contributed by atoms with Gasteiger partial charge in [0.05, 0.1) is 7.11 Å². The van der Waals surface area contributed by atoms with Crippen LogP contribution in [0.25, 0.3) is 0 Å². The van der Waals surface area contributed by atoms with E-state index in [-0.39, 0.29) is 13.4 Å². The summed E-state index contributed by atoms with van der Waals surface area (Å²) in [6, 6.07) is 3.44. The lowest BCUT2D eigenvalue weighted by Crippen LogP contribution is -2.02. The molecule has 0 radical (unpaired) electrons. The Morgan fingerprint density at radius 3 is 2.82 bits per heavy atom. The number of fused-ring (bicyclic) bond motifs is 1. The Morgan fingerprint density at radius 2 is 2.18 bits per heavy atom. The van der Waals surface area contributed by atoms with E-state index < -0.39 is 5.97 Å². The second kappa shape index (κ2) is 4.78. The fourth-order valence-electron chi connectivity index (χ4n) is 1.48. The molecule has 0 aliphatic carbocycles. The molecule has 1 aromatic rings. The van der Waals surface area contributed by atoms with E-state index in [0.29, 0.717) is 22.8 Å². The lowest BCUT2D eigenvalue weighted by atomic mass is 10.2. The molecule has 17 heavy (non-hydrogen) atoms. The lowest BCUT2D eigenvalue weighted by Gasteiger charge is -2.09. The molecule has 0 saturated carbocycles. The maximum Gasteiger partial charge on any atom is 0.330 e. The quantitative estimate of drug-likeness (QED) is 0.587. The largest absolute Gasteiger partial charge is 0.496 e. The Bertz CT molecular complexity index is 452. The summed E-state index contributed by atoms with van der Waals surface area (Å²) < 4.78 is 20.6. The topological polar surface area (TPSA) is 54.0 Å². The van der Waals surface area contributed by atoms with Crippen LogP contribution in [-0.2, 0) is 16.1 Å². The zero-order valence-electron chi connectivity index (χ0n) is 9.39. The van der Waals surface area contributed by atoms with Gasteiger partial charge in [-0.3, -0.25) is 0 Å². The van der Waals surface area contributed by atoms with Gasteiger partial charge < -0.3 is 18.9 Å². The Balaban J connectivity index is 2.20. The SMILES string of the molecule is C=CC(=O)OCc1cc2c(cc1OC)OCO2. The number of carbonyl (C=O) groups excluding carboxylic acids is 1. The van der Waals surface area contributed by atoms with E-state index in [1.54, 1.807) is 12.1 Å². The Hall–Kier alpha value is -2.17. The van der Waals surface area contributed by atoms with Crippen molar-refractivity contribution in [3.05, 3.63) is 30.4 Å². The maximum absolute atomic E-state index is 11.0. The van der Waals surface area contributed by atoms with Crippen LogP contribution in [0.1, 0.15) is 5.56 Å². The minimum Gasteiger partial charge on any atom is -0.496 e. The second-order valence-corrected chi connectivity index (χ2v) is 3.33. The summed E-state index contributed by atoms with van der Waals surface area (Å²) >= 11 is 0. The molecular formula is C12H12O5. The predicted octanol–water partition coefficient (Wildman–Crippen LogP) is 1.65. The van der Waals surface area contributed by atoms with Crippen LogP contribution >= 0.6 is 0 Å². The highest BCUT2D eigenvalue weighted by atomic mass is 16.7. The zero-order chi connectivity index (χ0) is 12.3. The van der Waals surface area contributed by atoms with E-state index in [9.17, 15) is 4.79 Å². The summed E-state index contributed by atoms with van der Waals surface area (Å²) in [4.78, 5) is 11.0. The fraction of sp³-hybridized carbons (Fsp3) is 0.250. The number of rotatable bonds is 4. The molecule has 0 bridgehead atoms. The highest BCUT2D eigenvalue weighted by molar-refractivity contribution is 5.81. The molecule has 1 aliphatic heterocycles. The van der Waals surface area contributed by atoms with Gasteiger partial charge in [-0.15, -0.1) is 0 Å². The molecule has 0 N–H and O–H groups in total. The number of esters is 1. The summed E-state index contributed by atoms with van der Waals surface area (Å²) in [5.74, 6) is 1.35. The van der Waals surface area contributed by atoms with Gasteiger partial charge in [0.2, 0.25) is 6.79 Å². The summed E-state index contributed by atoms with van der Waals surface area (Å²) in [5, 5.41) is 0. The van der Waals surface area contributed by atoms with Gasteiger partial charge in [0, 0.05) is 17.7 Å². The first-order valence-electron chi connectivity index (χ1n) is 5.00. The third-order valence-electron chi connectivity index (χ3n) is 2.31. The van der Waals surface area contributed by atoms with Crippen LogP contribution in [0, 0.1) is 0 Å². The Morgan fingerprint density at radius 1 is 1.47 bits per heavy atom. The molecule has 0 atom stereocenters. The Labute approximate surface area is 98.5 Å². The number of benzene rings is 1. The minimum absolute atomic E-state index is 0.102. The molecule has 2 rings (SSSR count). The van der Waals surface area contributed by atoms with E-state index in [1.807, 2.05) is 0 Å². The maximum atomic E-state index is 11.0. The molecule has 90 valence electrons. The highest BCUT2D eigenvalue weighted by Crippen LogP contribution is 2.38. The van der Waals surface area contributed by atoms with Gasteiger partial charge in [0.15, 0.2) is 11.5 Å². The Kier molecular flexibility index (Phi) is 3.18. The van der Waals surface area contributed by atoms with Crippen LogP contribution in [-0.4, -0.2) is 19.9 Å². The normalized spacial score (nSPS) is 12.1. The van der Waals surface area contributed by atoms with Crippen molar-refractivity contribution in [2.45, 2.75) is 6.61 Å². The van der Waals surface area contributed by atoms with Crippen molar-refractivity contribution in [3.8, 4) is 17.2 Å².